The van der Waals surface area contributed by atoms with Gasteiger partial charge in [-0.15, -0.1) is 13.2 Å². The number of nitrogens with one attached hydrogen (secondary N) is 1. The van der Waals surface area contributed by atoms with Crippen LogP contribution in [0, 0.1) is 0 Å². The minimum atomic E-state index is 0.155. The van der Waals surface area contributed by atoms with Crippen molar-refractivity contribution >= 4 is 11.5 Å². The number of hydrogen-bond donors (Lipinski definition) is 1. The number of anilines is 1. The smallest absolute Gasteiger partial charge is 0.176 e. The first-order valence-corrected chi connectivity index (χ1v) is 7.08. The maximum absolute atomic E-state index is 12.4. The number of nitrogens with zero attached hydrogens (tertiary/aromatic N) is 1. The van der Waals surface area contributed by atoms with Crippen LogP contribution in [-0.4, -0.2) is 36.9 Å². The normalized spacial score (nSPS) is 13.4. The molecule has 106 valence electrons. The van der Waals surface area contributed by atoms with E-state index in [1.165, 1.54) is 11.3 Å². The first kappa shape index (κ1) is 14.5. The molecule has 0 spiro atoms. The van der Waals surface area contributed by atoms with Gasteiger partial charge in [0.05, 0.1) is 6.54 Å². The van der Waals surface area contributed by atoms with Crippen molar-refractivity contribution in [3.8, 4) is 0 Å². The molecule has 0 fully saturated rings. The van der Waals surface area contributed by atoms with Crippen molar-refractivity contribution in [1.82, 2.24) is 4.90 Å². The Morgan fingerprint density at radius 3 is 2.75 bits per heavy atom. The fraction of sp³-hybridized carbons (Fsp3) is 0.353. The van der Waals surface area contributed by atoms with Gasteiger partial charge in [0, 0.05) is 30.9 Å². The molecule has 3 nitrogen and oxygen atoms in total. The Balaban J connectivity index is 2.08. The van der Waals surface area contributed by atoms with E-state index in [0.717, 1.165) is 24.9 Å². The molecule has 20 heavy (non-hydrogen) atoms. The summed E-state index contributed by atoms with van der Waals surface area (Å²) in [5.41, 5.74) is 3.22. The van der Waals surface area contributed by atoms with Gasteiger partial charge in [0.1, 0.15) is 0 Å². The van der Waals surface area contributed by atoms with E-state index in [4.69, 9.17) is 0 Å². The predicted octanol–water partition coefficient (Wildman–Crippen LogP) is 2.90. The summed E-state index contributed by atoms with van der Waals surface area (Å²) in [6.07, 6.45) is 5.80. The number of fused-ring (bicyclic) bond motifs is 1. The lowest BCUT2D eigenvalue weighted by molar-refractivity contribution is 0.0944. The monoisotopic (exact) mass is 270 g/mol. The zero-order valence-corrected chi connectivity index (χ0v) is 11.9. The van der Waals surface area contributed by atoms with E-state index >= 15 is 0 Å². The summed E-state index contributed by atoms with van der Waals surface area (Å²) in [5.74, 6) is 0.155. The van der Waals surface area contributed by atoms with Gasteiger partial charge in [-0.25, -0.2) is 0 Å². The molecule has 1 N–H and O–H groups in total. The number of ketones is 1. The van der Waals surface area contributed by atoms with E-state index in [1.54, 1.807) is 0 Å². The molecular weight excluding hydrogens is 248 g/mol. The summed E-state index contributed by atoms with van der Waals surface area (Å²) in [6.45, 7) is 10.3. The largest absolute Gasteiger partial charge is 0.385 e. The van der Waals surface area contributed by atoms with Crippen LogP contribution in [0.15, 0.2) is 43.5 Å². The van der Waals surface area contributed by atoms with Gasteiger partial charge in [-0.05, 0) is 36.6 Å². The molecule has 0 saturated carbocycles. The van der Waals surface area contributed by atoms with E-state index in [-0.39, 0.29) is 5.78 Å². The highest BCUT2D eigenvalue weighted by molar-refractivity contribution is 5.98. The van der Waals surface area contributed by atoms with Crippen LogP contribution in [0.1, 0.15) is 22.3 Å². The van der Waals surface area contributed by atoms with Crippen molar-refractivity contribution in [2.45, 2.75) is 12.8 Å². The minimum absolute atomic E-state index is 0.155. The summed E-state index contributed by atoms with van der Waals surface area (Å²) in [6, 6.07) is 5.97. The Morgan fingerprint density at radius 2 is 2.05 bits per heavy atom. The number of rotatable bonds is 7. The number of carbonyl (C=O) groups is 1. The number of carbonyl (C=O) groups excluding carboxylic acids is 1. The van der Waals surface area contributed by atoms with Gasteiger partial charge in [-0.1, -0.05) is 12.2 Å². The van der Waals surface area contributed by atoms with Gasteiger partial charge in [0.25, 0.3) is 0 Å². The number of benzene rings is 1. The third kappa shape index (κ3) is 3.58. The Bertz CT molecular complexity index is 498. The number of aryl methyl sites for hydroxylation is 1. The van der Waals surface area contributed by atoms with Crippen LogP contribution in [0.2, 0.25) is 0 Å². The van der Waals surface area contributed by atoms with E-state index in [9.17, 15) is 4.79 Å². The SMILES string of the molecule is C=CCN(CC=C)CC(=O)c1ccc2c(c1)CCCN2. The maximum Gasteiger partial charge on any atom is 0.176 e. The van der Waals surface area contributed by atoms with Crippen LogP contribution >= 0.6 is 0 Å². The highest BCUT2D eigenvalue weighted by atomic mass is 16.1. The summed E-state index contributed by atoms with van der Waals surface area (Å²) in [7, 11) is 0. The lowest BCUT2D eigenvalue weighted by atomic mass is 9.99. The average molecular weight is 270 g/mol. The van der Waals surface area contributed by atoms with Crippen molar-refractivity contribution in [3.63, 3.8) is 0 Å². The zero-order valence-electron chi connectivity index (χ0n) is 11.9. The summed E-state index contributed by atoms with van der Waals surface area (Å²) < 4.78 is 0. The second-order valence-corrected chi connectivity index (χ2v) is 5.10. The highest BCUT2D eigenvalue weighted by Gasteiger charge is 2.14. The zero-order chi connectivity index (χ0) is 14.4. The fourth-order valence-electron chi connectivity index (χ4n) is 2.51. The fourth-order valence-corrected chi connectivity index (χ4v) is 2.51. The third-order valence-electron chi connectivity index (χ3n) is 3.51. The number of Topliss-reactive ketones (excluding diaryl/α,β-unsaturated/α-hetero) is 1. The summed E-state index contributed by atoms with van der Waals surface area (Å²) in [5, 5.41) is 3.36. The molecule has 3 heteroatoms. The summed E-state index contributed by atoms with van der Waals surface area (Å²) in [4.78, 5) is 14.4. The lowest BCUT2D eigenvalue weighted by Gasteiger charge is -2.20. The Hall–Kier alpha value is -1.87. The van der Waals surface area contributed by atoms with Crippen LogP contribution in [0.25, 0.3) is 0 Å². The van der Waals surface area contributed by atoms with Crippen molar-refractivity contribution in [3.05, 3.63) is 54.6 Å². The van der Waals surface area contributed by atoms with Gasteiger partial charge in [-0.3, -0.25) is 9.69 Å². The molecule has 0 bridgehead atoms. The van der Waals surface area contributed by atoms with E-state index < -0.39 is 0 Å². The Morgan fingerprint density at radius 1 is 1.30 bits per heavy atom. The Kier molecular flexibility index (Phi) is 5.13. The number of hydrogen-bond acceptors (Lipinski definition) is 3. The van der Waals surface area contributed by atoms with Crippen LogP contribution in [0.4, 0.5) is 5.69 Å². The Labute approximate surface area is 121 Å². The van der Waals surface area contributed by atoms with Gasteiger partial charge in [0.15, 0.2) is 5.78 Å². The molecule has 0 unspecified atom stereocenters. The molecule has 0 atom stereocenters. The van der Waals surface area contributed by atoms with Gasteiger partial charge in [0.2, 0.25) is 0 Å². The topological polar surface area (TPSA) is 32.3 Å². The molecule has 1 aliphatic heterocycles. The van der Waals surface area contributed by atoms with Gasteiger partial charge < -0.3 is 5.32 Å². The van der Waals surface area contributed by atoms with Gasteiger partial charge in [-0.2, -0.15) is 0 Å². The van der Waals surface area contributed by atoms with Crippen molar-refractivity contribution < 1.29 is 4.79 Å². The molecular formula is C17H22N2O. The van der Waals surface area contributed by atoms with Crippen molar-refractivity contribution in [1.29, 1.82) is 0 Å². The molecule has 0 amide bonds. The molecule has 0 saturated heterocycles. The first-order chi connectivity index (χ1) is 9.74. The molecule has 0 aliphatic carbocycles. The molecule has 1 aliphatic rings. The van der Waals surface area contributed by atoms with Crippen LogP contribution < -0.4 is 5.32 Å². The van der Waals surface area contributed by atoms with E-state index in [2.05, 4.69) is 18.5 Å². The van der Waals surface area contributed by atoms with Crippen LogP contribution in [-0.2, 0) is 6.42 Å². The average Bonchev–Trinajstić information content (AvgIpc) is 2.47. The lowest BCUT2D eigenvalue weighted by Crippen LogP contribution is -2.30. The van der Waals surface area contributed by atoms with E-state index in [1.807, 2.05) is 35.3 Å². The van der Waals surface area contributed by atoms with Crippen molar-refractivity contribution in [2.24, 2.45) is 0 Å². The molecule has 1 aromatic rings. The maximum atomic E-state index is 12.4. The van der Waals surface area contributed by atoms with Crippen molar-refractivity contribution in [2.75, 3.05) is 31.5 Å². The van der Waals surface area contributed by atoms with Crippen LogP contribution in [0.5, 0.6) is 0 Å². The standard InChI is InChI=1S/C17H22N2O/c1-3-10-19(11-4-2)13-17(20)15-7-8-16-14(12-15)6-5-9-18-16/h3-4,7-8,12,18H,1-2,5-6,9-11,13H2. The van der Waals surface area contributed by atoms with Gasteiger partial charge >= 0.3 is 0 Å². The second-order valence-electron chi connectivity index (χ2n) is 5.10. The minimum Gasteiger partial charge on any atom is -0.385 e. The molecule has 1 heterocycles. The third-order valence-corrected chi connectivity index (χ3v) is 3.51. The predicted molar refractivity (Wildman–Crippen MR) is 84.4 cm³/mol. The first-order valence-electron chi connectivity index (χ1n) is 7.08. The molecule has 0 aromatic heterocycles. The molecule has 1 aromatic carbocycles. The van der Waals surface area contributed by atoms with Crippen LogP contribution in [0.3, 0.4) is 0 Å². The summed E-state index contributed by atoms with van der Waals surface area (Å²) >= 11 is 0. The van der Waals surface area contributed by atoms with E-state index in [0.29, 0.717) is 19.6 Å². The quantitative estimate of drug-likeness (QED) is 0.611. The second kappa shape index (κ2) is 7.06. The molecule has 0 radical (unpaired) electrons. The highest BCUT2D eigenvalue weighted by Crippen LogP contribution is 2.23. The molecule has 2 rings (SSSR count).